The SMILES string of the molecule is NCC=C1O[C@H]2CC(=O)N2[C@@H]1C(=O)O. The summed E-state index contributed by atoms with van der Waals surface area (Å²) < 4.78 is 5.25. The Morgan fingerprint density at radius 3 is 3.00 bits per heavy atom. The lowest BCUT2D eigenvalue weighted by Gasteiger charge is -2.33. The first kappa shape index (κ1) is 9.01. The van der Waals surface area contributed by atoms with Crippen molar-refractivity contribution in [2.45, 2.75) is 18.7 Å². The first-order valence-corrected chi connectivity index (χ1v) is 4.26. The molecule has 0 spiro atoms. The fourth-order valence-electron chi connectivity index (χ4n) is 1.69. The molecule has 2 heterocycles. The van der Waals surface area contributed by atoms with Crippen molar-refractivity contribution in [1.29, 1.82) is 0 Å². The van der Waals surface area contributed by atoms with E-state index in [2.05, 4.69) is 0 Å². The average Bonchev–Trinajstić information content (AvgIpc) is 2.39. The third-order valence-electron chi connectivity index (χ3n) is 2.32. The topological polar surface area (TPSA) is 92.9 Å². The zero-order valence-corrected chi connectivity index (χ0v) is 7.34. The zero-order valence-electron chi connectivity index (χ0n) is 7.34. The van der Waals surface area contributed by atoms with Crippen molar-refractivity contribution in [3.05, 3.63) is 11.8 Å². The summed E-state index contributed by atoms with van der Waals surface area (Å²) in [6.45, 7) is 0.202. The predicted molar refractivity (Wildman–Crippen MR) is 44.9 cm³/mol. The Labute approximate surface area is 79.9 Å². The van der Waals surface area contributed by atoms with Crippen LogP contribution in [0.5, 0.6) is 0 Å². The van der Waals surface area contributed by atoms with E-state index >= 15 is 0 Å². The minimum atomic E-state index is -1.08. The highest BCUT2D eigenvalue weighted by atomic mass is 16.5. The van der Waals surface area contributed by atoms with Crippen molar-refractivity contribution in [1.82, 2.24) is 4.90 Å². The third-order valence-corrected chi connectivity index (χ3v) is 2.32. The maximum absolute atomic E-state index is 11.1. The molecule has 0 aliphatic carbocycles. The van der Waals surface area contributed by atoms with Crippen molar-refractivity contribution in [2.24, 2.45) is 5.73 Å². The van der Waals surface area contributed by atoms with Crippen molar-refractivity contribution in [3.63, 3.8) is 0 Å². The number of nitrogens with zero attached hydrogens (tertiary/aromatic N) is 1. The number of hydrogen-bond donors (Lipinski definition) is 2. The molecule has 14 heavy (non-hydrogen) atoms. The third kappa shape index (κ3) is 1.07. The molecule has 2 aliphatic heterocycles. The van der Waals surface area contributed by atoms with Crippen LogP contribution in [0.4, 0.5) is 0 Å². The fraction of sp³-hybridized carbons (Fsp3) is 0.500. The number of carboxylic acid groups (broad SMARTS) is 1. The van der Waals surface area contributed by atoms with Gasteiger partial charge in [-0.15, -0.1) is 0 Å². The molecule has 0 bridgehead atoms. The van der Waals surface area contributed by atoms with Gasteiger partial charge in [0.2, 0.25) is 5.91 Å². The summed E-state index contributed by atoms with van der Waals surface area (Å²) in [5.41, 5.74) is 5.26. The Balaban J connectivity index is 2.26. The van der Waals surface area contributed by atoms with Gasteiger partial charge >= 0.3 is 5.97 Å². The Hall–Kier alpha value is -1.56. The lowest BCUT2D eigenvalue weighted by atomic mass is 10.1. The molecular weight excluding hydrogens is 188 g/mol. The van der Waals surface area contributed by atoms with E-state index in [-0.39, 0.29) is 24.6 Å². The van der Waals surface area contributed by atoms with Gasteiger partial charge in [0.05, 0.1) is 6.42 Å². The number of nitrogens with two attached hydrogens (primary N) is 1. The summed E-state index contributed by atoms with van der Waals surface area (Å²) in [6, 6.07) is -0.982. The summed E-state index contributed by atoms with van der Waals surface area (Å²) in [6.07, 6.45) is 1.34. The van der Waals surface area contributed by atoms with Crippen LogP contribution in [0.2, 0.25) is 0 Å². The first-order valence-electron chi connectivity index (χ1n) is 4.26. The molecular formula is C8H10N2O4. The van der Waals surface area contributed by atoms with Crippen LogP contribution < -0.4 is 5.73 Å². The van der Waals surface area contributed by atoms with Gasteiger partial charge in [-0.25, -0.2) is 4.79 Å². The number of fused-ring (bicyclic) bond motifs is 1. The van der Waals surface area contributed by atoms with E-state index in [9.17, 15) is 9.59 Å². The molecule has 0 aromatic rings. The molecule has 6 heteroatoms. The summed E-state index contributed by atoms with van der Waals surface area (Å²) in [4.78, 5) is 23.2. The number of aliphatic carboxylic acids is 1. The lowest BCUT2D eigenvalue weighted by molar-refractivity contribution is -0.163. The van der Waals surface area contributed by atoms with Gasteiger partial charge in [0.25, 0.3) is 0 Å². The molecule has 2 rings (SSSR count). The molecule has 1 amide bonds. The summed E-state index contributed by atoms with van der Waals surface area (Å²) in [5, 5.41) is 8.89. The van der Waals surface area contributed by atoms with Crippen LogP contribution in [-0.4, -0.2) is 40.7 Å². The molecule has 3 N–H and O–H groups in total. The van der Waals surface area contributed by atoms with Crippen molar-refractivity contribution >= 4 is 11.9 Å². The molecule has 0 radical (unpaired) electrons. The highest BCUT2D eigenvalue weighted by molar-refractivity contribution is 5.91. The van der Waals surface area contributed by atoms with Gasteiger partial charge in [-0.3, -0.25) is 9.69 Å². The van der Waals surface area contributed by atoms with Gasteiger partial charge in [-0.2, -0.15) is 0 Å². The molecule has 0 unspecified atom stereocenters. The monoisotopic (exact) mass is 198 g/mol. The van der Waals surface area contributed by atoms with Gasteiger partial charge < -0.3 is 15.6 Å². The second-order valence-corrected chi connectivity index (χ2v) is 3.16. The van der Waals surface area contributed by atoms with E-state index < -0.39 is 18.2 Å². The number of amides is 1. The van der Waals surface area contributed by atoms with E-state index in [0.29, 0.717) is 0 Å². The van der Waals surface area contributed by atoms with Gasteiger partial charge in [0.1, 0.15) is 5.76 Å². The number of β-lactam (4-membered cyclic amide) rings is 1. The van der Waals surface area contributed by atoms with E-state index in [1.54, 1.807) is 0 Å². The Bertz CT molecular complexity index is 325. The van der Waals surface area contributed by atoms with Crippen LogP contribution in [0, 0.1) is 0 Å². The van der Waals surface area contributed by atoms with Crippen LogP contribution in [0.15, 0.2) is 11.8 Å². The number of rotatable bonds is 2. The number of ether oxygens (including phenoxy) is 1. The molecule has 0 aromatic heterocycles. The molecule has 0 saturated carbocycles. The molecule has 2 atom stereocenters. The van der Waals surface area contributed by atoms with Crippen LogP contribution in [0.1, 0.15) is 6.42 Å². The minimum absolute atomic E-state index is 0.192. The van der Waals surface area contributed by atoms with Gasteiger partial charge in [0.15, 0.2) is 12.3 Å². The maximum atomic E-state index is 11.1. The second-order valence-electron chi connectivity index (χ2n) is 3.16. The molecule has 2 fully saturated rings. The van der Waals surface area contributed by atoms with Crippen molar-refractivity contribution in [3.8, 4) is 0 Å². The van der Waals surface area contributed by atoms with Crippen LogP contribution in [-0.2, 0) is 14.3 Å². The van der Waals surface area contributed by atoms with E-state index in [1.165, 1.54) is 11.0 Å². The maximum Gasteiger partial charge on any atom is 0.334 e. The molecule has 6 nitrogen and oxygen atoms in total. The molecule has 0 aromatic carbocycles. The zero-order chi connectivity index (χ0) is 10.3. The van der Waals surface area contributed by atoms with Gasteiger partial charge in [-0.1, -0.05) is 0 Å². The highest BCUT2D eigenvalue weighted by Crippen LogP contribution is 2.36. The summed E-state index contributed by atoms with van der Waals surface area (Å²) in [7, 11) is 0. The molecule has 2 saturated heterocycles. The minimum Gasteiger partial charge on any atom is -0.479 e. The van der Waals surface area contributed by atoms with E-state index in [4.69, 9.17) is 15.6 Å². The molecule has 76 valence electrons. The largest absolute Gasteiger partial charge is 0.479 e. The summed E-state index contributed by atoms with van der Waals surface area (Å²) >= 11 is 0. The smallest absolute Gasteiger partial charge is 0.334 e. The Kier molecular flexibility index (Phi) is 1.92. The number of carbonyl (C=O) groups is 2. The quantitative estimate of drug-likeness (QED) is 0.548. The number of carboxylic acids is 1. The number of carbonyl (C=O) groups excluding carboxylic acids is 1. The predicted octanol–water partition coefficient (Wildman–Crippen LogP) is -1.13. The van der Waals surface area contributed by atoms with Crippen LogP contribution >= 0.6 is 0 Å². The Morgan fingerprint density at radius 1 is 1.79 bits per heavy atom. The van der Waals surface area contributed by atoms with E-state index in [0.717, 1.165) is 0 Å². The Morgan fingerprint density at radius 2 is 2.50 bits per heavy atom. The standard InChI is InChI=1S/C8H10N2O4/c9-2-1-4-7(8(12)13)10-5(11)3-6(10)14-4/h1,6-7H,2-3,9H2,(H,12,13)/t6-,7-/m0/s1. The number of hydrogen-bond acceptors (Lipinski definition) is 4. The van der Waals surface area contributed by atoms with E-state index in [1.807, 2.05) is 0 Å². The summed E-state index contributed by atoms with van der Waals surface area (Å²) in [5.74, 6) is -1.00. The first-order chi connectivity index (χ1) is 6.65. The van der Waals surface area contributed by atoms with Gasteiger partial charge in [-0.05, 0) is 6.08 Å². The van der Waals surface area contributed by atoms with Crippen LogP contribution in [0.3, 0.4) is 0 Å². The highest BCUT2D eigenvalue weighted by Gasteiger charge is 2.53. The molecule has 2 aliphatic rings. The van der Waals surface area contributed by atoms with Gasteiger partial charge in [0, 0.05) is 6.54 Å². The second kappa shape index (κ2) is 2.98. The fourth-order valence-corrected chi connectivity index (χ4v) is 1.69. The lowest BCUT2D eigenvalue weighted by Crippen LogP contribution is -2.54. The average molecular weight is 198 g/mol. The van der Waals surface area contributed by atoms with Crippen molar-refractivity contribution < 1.29 is 19.4 Å². The normalized spacial score (nSPS) is 32.5. The van der Waals surface area contributed by atoms with Crippen molar-refractivity contribution in [2.75, 3.05) is 6.54 Å². The van der Waals surface area contributed by atoms with Crippen LogP contribution in [0.25, 0.3) is 0 Å².